The Morgan fingerprint density at radius 2 is 1.18 bits per heavy atom. The highest BCUT2D eigenvalue weighted by atomic mass is 16.7. The number of hydrogen-bond acceptors (Lipinski definition) is 7. The number of methoxy groups -OCH3 is 1. The Labute approximate surface area is 235 Å². The fourth-order valence-electron chi connectivity index (χ4n) is 4.72. The van der Waals surface area contributed by atoms with Gasteiger partial charge in [0.2, 0.25) is 0 Å². The molecule has 0 aromatic heterocycles. The Balaban J connectivity index is 1.62. The molecule has 1 aliphatic rings. The van der Waals surface area contributed by atoms with Crippen molar-refractivity contribution in [1.29, 1.82) is 0 Å². The zero-order valence-corrected chi connectivity index (χ0v) is 22.8. The fraction of sp³-hybridized carbons (Fsp3) is 0.419. The van der Waals surface area contributed by atoms with Gasteiger partial charge in [-0.3, -0.25) is 0 Å². The summed E-state index contributed by atoms with van der Waals surface area (Å²) in [5.41, 5.74) is 12.2. The van der Waals surface area contributed by atoms with E-state index in [2.05, 4.69) is 10.0 Å². The summed E-state index contributed by atoms with van der Waals surface area (Å²) < 4.78 is 36.8. The maximum Gasteiger partial charge on any atom is 0.146 e. The lowest BCUT2D eigenvalue weighted by molar-refractivity contribution is -0.265. The Bertz CT molecular complexity index is 1150. The van der Waals surface area contributed by atoms with Gasteiger partial charge in [-0.2, -0.15) is 0 Å². The SMILES string of the molecule is COCOCC[C@H]1OC(CN=[N+]=[N-])[C@@H](OCc2ccccc2)C(OCc2ccccc2)C1OCc1ccccc1. The van der Waals surface area contributed by atoms with Crippen LogP contribution in [0.25, 0.3) is 10.4 Å². The zero-order valence-electron chi connectivity index (χ0n) is 22.8. The predicted molar refractivity (Wildman–Crippen MR) is 150 cm³/mol. The van der Waals surface area contributed by atoms with E-state index in [1.807, 2.05) is 91.0 Å². The van der Waals surface area contributed by atoms with Gasteiger partial charge >= 0.3 is 0 Å². The van der Waals surface area contributed by atoms with Crippen LogP contribution in [-0.2, 0) is 48.2 Å². The summed E-state index contributed by atoms with van der Waals surface area (Å²) in [6, 6.07) is 29.9. The fourth-order valence-corrected chi connectivity index (χ4v) is 4.72. The molecule has 5 atom stereocenters. The Morgan fingerprint density at radius 3 is 1.65 bits per heavy atom. The first-order valence-corrected chi connectivity index (χ1v) is 13.5. The molecule has 9 nitrogen and oxygen atoms in total. The molecule has 0 spiro atoms. The average Bonchev–Trinajstić information content (AvgIpc) is 3.01. The lowest BCUT2D eigenvalue weighted by Gasteiger charge is -2.46. The maximum absolute atomic E-state index is 9.11. The van der Waals surface area contributed by atoms with Gasteiger partial charge in [-0.05, 0) is 28.6 Å². The van der Waals surface area contributed by atoms with E-state index < -0.39 is 30.5 Å². The van der Waals surface area contributed by atoms with Crippen molar-refractivity contribution in [2.75, 3.05) is 27.1 Å². The molecule has 1 heterocycles. The molecule has 0 N–H and O–H groups in total. The van der Waals surface area contributed by atoms with Crippen LogP contribution in [-0.4, -0.2) is 57.6 Å². The van der Waals surface area contributed by atoms with Crippen LogP contribution >= 0.6 is 0 Å². The molecule has 1 fully saturated rings. The first kappa shape index (κ1) is 29.7. The summed E-state index contributed by atoms with van der Waals surface area (Å²) in [5, 5.41) is 3.84. The van der Waals surface area contributed by atoms with Crippen LogP contribution in [0.2, 0.25) is 0 Å². The van der Waals surface area contributed by atoms with E-state index in [9.17, 15) is 0 Å². The molecule has 3 aromatic carbocycles. The van der Waals surface area contributed by atoms with Crippen LogP contribution in [0.3, 0.4) is 0 Å². The highest BCUT2D eigenvalue weighted by Gasteiger charge is 2.47. The number of benzene rings is 3. The van der Waals surface area contributed by atoms with Gasteiger partial charge in [0.25, 0.3) is 0 Å². The number of rotatable bonds is 16. The lowest BCUT2D eigenvalue weighted by atomic mass is 9.92. The van der Waals surface area contributed by atoms with E-state index in [1.54, 1.807) is 7.11 Å². The van der Waals surface area contributed by atoms with Crippen molar-refractivity contribution in [3.63, 3.8) is 0 Å². The summed E-state index contributed by atoms with van der Waals surface area (Å²) >= 11 is 0. The lowest BCUT2D eigenvalue weighted by Crippen LogP contribution is -2.61. The minimum atomic E-state index is -0.550. The molecular weight excluding hydrogens is 510 g/mol. The summed E-state index contributed by atoms with van der Waals surface area (Å²) in [6.07, 6.45) is -1.93. The van der Waals surface area contributed by atoms with Gasteiger partial charge in [-0.15, -0.1) is 0 Å². The predicted octanol–water partition coefficient (Wildman–Crippen LogP) is 5.83. The van der Waals surface area contributed by atoms with Crippen molar-refractivity contribution in [1.82, 2.24) is 0 Å². The van der Waals surface area contributed by atoms with Crippen molar-refractivity contribution < 1.29 is 28.4 Å². The van der Waals surface area contributed by atoms with E-state index in [0.29, 0.717) is 32.8 Å². The molecule has 1 saturated heterocycles. The Morgan fingerprint density at radius 1 is 0.700 bits per heavy atom. The molecule has 0 bridgehead atoms. The largest absolute Gasteiger partial charge is 0.369 e. The zero-order chi connectivity index (χ0) is 27.8. The van der Waals surface area contributed by atoms with Gasteiger partial charge in [-0.1, -0.05) is 96.1 Å². The summed E-state index contributed by atoms with van der Waals surface area (Å²) in [4.78, 5) is 2.98. The monoisotopic (exact) mass is 547 g/mol. The van der Waals surface area contributed by atoms with Crippen LogP contribution in [0.5, 0.6) is 0 Å². The minimum Gasteiger partial charge on any atom is -0.369 e. The first-order chi connectivity index (χ1) is 19.8. The van der Waals surface area contributed by atoms with Crippen LogP contribution in [0.15, 0.2) is 96.1 Å². The van der Waals surface area contributed by atoms with Crippen LogP contribution in [0.4, 0.5) is 0 Å². The normalized spacial score (nSPS) is 22.5. The standard InChI is InChI=1S/C31H37N3O6/c1-35-23-36-18-17-27-29(37-20-24-11-5-2-6-12-24)31(39-22-26-15-9-4-10-16-26)30(28(40-27)19-33-34-32)38-21-25-13-7-3-8-14-25/h2-16,27-31H,17-23H2,1H3/t27-,28?,29?,30-,31?/m1/s1. The van der Waals surface area contributed by atoms with E-state index in [-0.39, 0.29) is 13.3 Å². The number of hydrogen-bond donors (Lipinski definition) is 0. The van der Waals surface area contributed by atoms with Crippen molar-refractivity contribution >= 4 is 0 Å². The Kier molecular flexibility index (Phi) is 12.4. The smallest absolute Gasteiger partial charge is 0.146 e. The first-order valence-electron chi connectivity index (χ1n) is 13.5. The molecule has 1 aliphatic heterocycles. The van der Waals surface area contributed by atoms with E-state index in [1.165, 1.54) is 0 Å². The molecule has 212 valence electrons. The highest BCUT2D eigenvalue weighted by molar-refractivity contribution is 5.16. The number of ether oxygens (including phenoxy) is 6. The molecule has 0 amide bonds. The average molecular weight is 548 g/mol. The molecule has 0 aliphatic carbocycles. The molecular formula is C31H37N3O6. The maximum atomic E-state index is 9.11. The van der Waals surface area contributed by atoms with Crippen molar-refractivity contribution in [3.05, 3.63) is 118 Å². The second-order valence-electron chi connectivity index (χ2n) is 9.51. The van der Waals surface area contributed by atoms with E-state index in [0.717, 1.165) is 16.7 Å². The summed E-state index contributed by atoms with van der Waals surface area (Å²) in [6.45, 7) is 1.77. The molecule has 40 heavy (non-hydrogen) atoms. The van der Waals surface area contributed by atoms with Crippen LogP contribution in [0.1, 0.15) is 23.1 Å². The van der Waals surface area contributed by atoms with Gasteiger partial charge in [-0.25, -0.2) is 0 Å². The minimum absolute atomic E-state index is 0.0992. The van der Waals surface area contributed by atoms with E-state index >= 15 is 0 Å². The van der Waals surface area contributed by atoms with Gasteiger partial charge in [0, 0.05) is 12.0 Å². The van der Waals surface area contributed by atoms with Gasteiger partial charge < -0.3 is 28.4 Å². The molecule has 0 saturated carbocycles. The topological polar surface area (TPSA) is 104 Å². The van der Waals surface area contributed by atoms with Gasteiger partial charge in [0.05, 0.1) is 45.2 Å². The molecule has 0 radical (unpaired) electrons. The molecule has 9 heteroatoms. The second kappa shape index (κ2) is 16.7. The second-order valence-corrected chi connectivity index (χ2v) is 9.51. The van der Waals surface area contributed by atoms with Crippen LogP contribution in [0, 0.1) is 0 Å². The van der Waals surface area contributed by atoms with Crippen molar-refractivity contribution in [2.45, 2.75) is 56.8 Å². The van der Waals surface area contributed by atoms with Crippen molar-refractivity contribution in [2.24, 2.45) is 5.11 Å². The van der Waals surface area contributed by atoms with Gasteiger partial charge in [0.15, 0.2) is 0 Å². The third-order valence-electron chi connectivity index (χ3n) is 6.66. The van der Waals surface area contributed by atoms with E-state index in [4.69, 9.17) is 34.0 Å². The number of azide groups is 1. The molecule has 3 unspecified atom stereocenters. The number of nitrogens with zero attached hydrogens (tertiary/aromatic N) is 3. The third kappa shape index (κ3) is 9.15. The Hall–Kier alpha value is -3.27. The summed E-state index contributed by atoms with van der Waals surface area (Å²) in [5.74, 6) is 0. The highest BCUT2D eigenvalue weighted by Crippen LogP contribution is 2.32. The van der Waals surface area contributed by atoms with Crippen LogP contribution < -0.4 is 0 Å². The molecule has 3 aromatic rings. The van der Waals surface area contributed by atoms with Gasteiger partial charge in [0.1, 0.15) is 25.1 Å². The third-order valence-corrected chi connectivity index (χ3v) is 6.66. The molecule has 4 rings (SSSR count). The van der Waals surface area contributed by atoms with Crippen molar-refractivity contribution in [3.8, 4) is 0 Å². The summed E-state index contributed by atoms with van der Waals surface area (Å²) in [7, 11) is 1.58. The quantitative estimate of drug-likeness (QED) is 0.0735.